The van der Waals surface area contributed by atoms with Crippen molar-refractivity contribution in [3.8, 4) is 0 Å². The number of nitrogens with one attached hydrogen (secondary N) is 1. The van der Waals surface area contributed by atoms with Crippen LogP contribution in [0.4, 0.5) is 26.2 Å². The number of nitrogens with two attached hydrogens (primary N) is 1. The first-order valence-electron chi connectivity index (χ1n) is 11.7. The Balaban J connectivity index is 1.35. The number of primary amides is 1. The van der Waals surface area contributed by atoms with Gasteiger partial charge in [0.1, 0.15) is 5.82 Å². The van der Waals surface area contributed by atoms with Crippen LogP contribution in [-0.2, 0) is 0 Å². The maximum atomic E-state index is 13.5. The first-order chi connectivity index (χ1) is 16.2. The second-order valence-electron chi connectivity index (χ2n) is 9.62. The Bertz CT molecular complexity index is 1100. The van der Waals surface area contributed by atoms with E-state index in [1.165, 1.54) is 25.1 Å². The Kier molecular flexibility index (Phi) is 5.61. The summed E-state index contributed by atoms with van der Waals surface area (Å²) in [5.74, 6) is -3.01. The number of carbonyl (C=O) groups is 2. The molecule has 2 aliphatic heterocycles. The molecule has 1 aliphatic carbocycles. The zero-order chi connectivity index (χ0) is 23.9. The molecule has 0 radical (unpaired) electrons. The van der Waals surface area contributed by atoms with Crippen molar-refractivity contribution in [2.75, 3.05) is 41.3 Å². The topological polar surface area (TPSA) is 104 Å². The quantitative estimate of drug-likeness (QED) is 0.694. The van der Waals surface area contributed by atoms with Crippen molar-refractivity contribution in [3.05, 3.63) is 41.6 Å². The third-order valence-electron chi connectivity index (χ3n) is 7.33. The summed E-state index contributed by atoms with van der Waals surface area (Å²) in [6, 6.07) is 6.46. The molecule has 3 N–H and O–H groups in total. The van der Waals surface area contributed by atoms with Crippen LogP contribution in [0.25, 0.3) is 0 Å². The molecule has 34 heavy (non-hydrogen) atoms. The van der Waals surface area contributed by atoms with E-state index in [1.54, 1.807) is 23.1 Å². The summed E-state index contributed by atoms with van der Waals surface area (Å²) in [5, 5.41) is 2.73. The van der Waals surface area contributed by atoms with E-state index in [-0.39, 0.29) is 31.9 Å². The molecule has 2 aromatic rings. The third-order valence-corrected chi connectivity index (χ3v) is 7.33. The van der Waals surface area contributed by atoms with Crippen LogP contribution in [0.15, 0.2) is 30.5 Å². The lowest BCUT2D eigenvalue weighted by atomic mass is 9.92. The molecule has 10 heteroatoms. The van der Waals surface area contributed by atoms with Crippen LogP contribution < -0.4 is 20.9 Å². The molecule has 3 aliphatic rings. The van der Waals surface area contributed by atoms with Crippen molar-refractivity contribution in [2.45, 2.75) is 44.4 Å². The first kappa shape index (κ1) is 22.5. The van der Waals surface area contributed by atoms with E-state index in [2.05, 4.69) is 20.2 Å². The van der Waals surface area contributed by atoms with Gasteiger partial charge in [-0.1, -0.05) is 0 Å². The highest BCUT2D eigenvalue weighted by Crippen LogP contribution is 2.54. The Labute approximate surface area is 196 Å². The van der Waals surface area contributed by atoms with Gasteiger partial charge in [0.25, 0.3) is 11.8 Å². The highest BCUT2D eigenvalue weighted by Gasteiger charge is 2.44. The maximum absolute atomic E-state index is 13.5. The first-order valence-corrected chi connectivity index (χ1v) is 11.7. The number of benzene rings is 1. The number of piperidine rings is 2. The molecule has 1 saturated carbocycles. The number of alkyl halides is 2. The summed E-state index contributed by atoms with van der Waals surface area (Å²) in [5.41, 5.74) is 7.37. The number of amides is 2. The molecule has 1 spiro atoms. The van der Waals surface area contributed by atoms with Crippen LogP contribution in [0.1, 0.15) is 59.2 Å². The molecule has 0 atom stereocenters. The lowest BCUT2D eigenvalue weighted by Crippen LogP contribution is -2.39. The van der Waals surface area contributed by atoms with Gasteiger partial charge < -0.3 is 15.5 Å². The minimum atomic E-state index is -2.65. The third kappa shape index (κ3) is 4.67. The Hall–Kier alpha value is -3.30. The van der Waals surface area contributed by atoms with E-state index >= 15 is 0 Å². The second kappa shape index (κ2) is 8.48. The van der Waals surface area contributed by atoms with Gasteiger partial charge in [0.2, 0.25) is 11.9 Å². The number of hydrogen-bond acceptors (Lipinski definition) is 6. The van der Waals surface area contributed by atoms with Gasteiger partial charge >= 0.3 is 0 Å². The monoisotopic (exact) mass is 470 g/mol. The van der Waals surface area contributed by atoms with Gasteiger partial charge in [-0.2, -0.15) is 4.98 Å². The summed E-state index contributed by atoms with van der Waals surface area (Å²) in [4.78, 5) is 37.4. The highest BCUT2D eigenvalue weighted by molar-refractivity contribution is 6.08. The lowest BCUT2D eigenvalue weighted by Gasteiger charge is -2.35. The molecule has 5 rings (SSSR count). The van der Waals surface area contributed by atoms with E-state index in [0.717, 1.165) is 25.9 Å². The summed E-state index contributed by atoms with van der Waals surface area (Å²) < 4.78 is 27.0. The van der Waals surface area contributed by atoms with Crippen LogP contribution in [0.3, 0.4) is 0 Å². The summed E-state index contributed by atoms with van der Waals surface area (Å²) >= 11 is 0. The Morgan fingerprint density at radius 1 is 0.941 bits per heavy atom. The largest absolute Gasteiger partial charge is 0.371 e. The van der Waals surface area contributed by atoms with Gasteiger partial charge in [-0.15, -0.1) is 0 Å². The van der Waals surface area contributed by atoms with E-state index < -0.39 is 17.7 Å². The molecule has 8 nitrogen and oxygen atoms in total. The molecule has 0 unspecified atom stereocenters. The van der Waals surface area contributed by atoms with Gasteiger partial charge in [-0.05, 0) is 55.4 Å². The maximum Gasteiger partial charge on any atom is 0.260 e. The average Bonchev–Trinajstić information content (AvgIpc) is 3.58. The predicted octanol–water partition coefficient (Wildman–Crippen LogP) is 3.44. The molecule has 1 aromatic heterocycles. The fraction of sp³-hybridized carbons (Fsp3) is 0.500. The van der Waals surface area contributed by atoms with E-state index in [0.29, 0.717) is 28.0 Å². The van der Waals surface area contributed by atoms with Gasteiger partial charge in [-0.25, -0.2) is 13.8 Å². The number of nitrogens with zero attached hydrogens (tertiary/aromatic N) is 4. The van der Waals surface area contributed by atoms with Crippen LogP contribution in [0.2, 0.25) is 0 Å². The summed E-state index contributed by atoms with van der Waals surface area (Å²) in [6.07, 6.45) is 5.69. The molecular formula is C24H28F2N6O2. The van der Waals surface area contributed by atoms with Gasteiger partial charge in [0.15, 0.2) is 0 Å². The highest BCUT2D eigenvalue weighted by atomic mass is 19.3. The predicted molar refractivity (Wildman–Crippen MR) is 124 cm³/mol. The van der Waals surface area contributed by atoms with Crippen LogP contribution in [0, 0.1) is 5.41 Å². The molecule has 3 heterocycles. The minimum Gasteiger partial charge on any atom is -0.371 e. The van der Waals surface area contributed by atoms with Crippen molar-refractivity contribution in [3.63, 3.8) is 0 Å². The summed E-state index contributed by atoms with van der Waals surface area (Å²) in [6.45, 7) is 2.00. The average molecular weight is 471 g/mol. The fourth-order valence-corrected chi connectivity index (χ4v) is 4.85. The van der Waals surface area contributed by atoms with Gasteiger partial charge in [-0.3, -0.25) is 14.9 Å². The van der Waals surface area contributed by atoms with Crippen molar-refractivity contribution in [1.82, 2.24) is 9.97 Å². The Morgan fingerprint density at radius 2 is 1.62 bits per heavy atom. The number of hydrogen-bond donors (Lipinski definition) is 2. The van der Waals surface area contributed by atoms with Gasteiger partial charge in [0.05, 0.1) is 11.3 Å². The lowest BCUT2D eigenvalue weighted by molar-refractivity contribution is -0.0221. The Morgan fingerprint density at radius 3 is 2.26 bits per heavy atom. The number of rotatable bonds is 5. The fourth-order valence-electron chi connectivity index (χ4n) is 4.85. The van der Waals surface area contributed by atoms with E-state index in [9.17, 15) is 18.4 Å². The van der Waals surface area contributed by atoms with Crippen molar-refractivity contribution in [2.24, 2.45) is 11.1 Å². The SMILES string of the molecule is NC(=O)c1ccc(C(=O)Nc2nccc(N3CCC(F)(F)CC3)n2)c(N2CCC3(CC2)CC3)c1. The molecule has 2 amide bonds. The zero-order valence-electron chi connectivity index (χ0n) is 18.9. The van der Waals surface area contributed by atoms with Crippen LogP contribution >= 0.6 is 0 Å². The molecular weight excluding hydrogens is 442 g/mol. The molecule has 3 fully saturated rings. The van der Waals surface area contributed by atoms with Crippen molar-refractivity contribution < 1.29 is 18.4 Å². The molecule has 2 saturated heterocycles. The summed E-state index contributed by atoms with van der Waals surface area (Å²) in [7, 11) is 0. The van der Waals surface area contributed by atoms with Crippen LogP contribution in [-0.4, -0.2) is 53.9 Å². The molecule has 1 aromatic carbocycles. The van der Waals surface area contributed by atoms with Crippen molar-refractivity contribution >= 4 is 29.3 Å². The number of aromatic nitrogens is 2. The second-order valence-corrected chi connectivity index (χ2v) is 9.62. The van der Waals surface area contributed by atoms with Crippen LogP contribution in [0.5, 0.6) is 0 Å². The molecule has 0 bridgehead atoms. The number of anilines is 3. The zero-order valence-corrected chi connectivity index (χ0v) is 18.9. The number of carbonyl (C=O) groups excluding carboxylic acids is 2. The van der Waals surface area contributed by atoms with E-state index in [4.69, 9.17) is 5.73 Å². The van der Waals surface area contributed by atoms with Crippen molar-refractivity contribution in [1.29, 1.82) is 0 Å². The van der Waals surface area contributed by atoms with E-state index in [1.807, 2.05) is 0 Å². The van der Waals surface area contributed by atoms with Gasteiger partial charge in [0, 0.05) is 50.8 Å². The standard InChI is InChI=1S/C24H28F2N6O2/c25-24(26)8-13-32(14-9-24)19-3-10-28-22(29-19)30-21(34)17-2-1-16(20(27)33)15-18(17)31-11-6-23(4-5-23)7-12-31/h1-3,10,15H,4-9,11-14H2,(H2,27,33)(H,28,29,30,34). The molecule has 180 valence electrons. The minimum absolute atomic E-state index is 0.0975. The number of halogens is 2. The smallest absolute Gasteiger partial charge is 0.260 e. The normalized spacial score (nSPS) is 20.8.